The van der Waals surface area contributed by atoms with Gasteiger partial charge in [0.25, 0.3) is 5.91 Å². The summed E-state index contributed by atoms with van der Waals surface area (Å²) in [5.41, 5.74) is 0.881. The molecule has 1 N–H and O–H groups in total. The van der Waals surface area contributed by atoms with Gasteiger partial charge >= 0.3 is 0 Å². The first kappa shape index (κ1) is 21.7. The molecule has 0 bridgehead atoms. The van der Waals surface area contributed by atoms with Gasteiger partial charge in [0.1, 0.15) is 0 Å². The Hall–Kier alpha value is -1.35. The first-order chi connectivity index (χ1) is 12.0. The van der Waals surface area contributed by atoms with Crippen LogP contribution >= 0.6 is 0 Å². The summed E-state index contributed by atoms with van der Waals surface area (Å²) in [6.45, 7) is 3.87. The molecule has 1 aromatic carbocycles. The summed E-state index contributed by atoms with van der Waals surface area (Å²) < 4.78 is 0.760. The van der Waals surface area contributed by atoms with Crippen LogP contribution in [0.2, 0.25) is 0 Å². The molecule has 0 aliphatic rings. The van der Waals surface area contributed by atoms with Gasteiger partial charge in [0.15, 0.2) is 6.54 Å². The maximum atomic E-state index is 12.2. The smallest absolute Gasteiger partial charge is 0.279 e. The van der Waals surface area contributed by atoms with Gasteiger partial charge in [0, 0.05) is 5.69 Å². The monoisotopic (exact) mass is 347 g/mol. The Kier molecular flexibility index (Phi) is 11.2. The number of quaternary nitrogens is 1. The van der Waals surface area contributed by atoms with E-state index in [1.54, 1.807) is 0 Å². The van der Waals surface area contributed by atoms with E-state index in [4.69, 9.17) is 0 Å². The number of amides is 1. The molecule has 1 aromatic rings. The fraction of sp³-hybridized carbons (Fsp3) is 0.682. The summed E-state index contributed by atoms with van der Waals surface area (Å²) in [7, 11) is 4.30. The van der Waals surface area contributed by atoms with Crippen LogP contribution in [0.25, 0.3) is 0 Å². The predicted octanol–water partition coefficient (Wildman–Crippen LogP) is 5.62. The second-order valence-corrected chi connectivity index (χ2v) is 7.91. The second kappa shape index (κ2) is 12.9. The molecule has 0 atom stereocenters. The lowest BCUT2D eigenvalue weighted by Gasteiger charge is -2.29. The minimum absolute atomic E-state index is 0.100. The van der Waals surface area contributed by atoms with Crippen molar-refractivity contribution in [3.05, 3.63) is 30.3 Å². The number of hydrogen-bond acceptors (Lipinski definition) is 1. The summed E-state index contributed by atoms with van der Waals surface area (Å²) in [6, 6.07) is 9.71. The second-order valence-electron chi connectivity index (χ2n) is 7.91. The zero-order chi connectivity index (χ0) is 18.4. The first-order valence-corrected chi connectivity index (χ1v) is 10.2. The van der Waals surface area contributed by atoms with E-state index in [1.807, 2.05) is 30.3 Å². The Bertz CT molecular complexity index is 456. The highest BCUT2D eigenvalue weighted by Crippen LogP contribution is 2.12. The zero-order valence-corrected chi connectivity index (χ0v) is 16.7. The topological polar surface area (TPSA) is 29.1 Å². The fourth-order valence-electron chi connectivity index (χ4n) is 3.22. The number of benzene rings is 1. The third-order valence-electron chi connectivity index (χ3n) is 4.75. The van der Waals surface area contributed by atoms with Gasteiger partial charge < -0.3 is 9.80 Å². The molecule has 0 aliphatic carbocycles. The molecule has 0 unspecified atom stereocenters. The number of para-hydroxylation sites is 1. The lowest BCUT2D eigenvalue weighted by molar-refractivity contribution is -0.882. The molecule has 0 radical (unpaired) electrons. The highest BCUT2D eigenvalue weighted by Gasteiger charge is 2.19. The Labute approximate surface area is 155 Å². The Morgan fingerprint density at radius 3 is 1.92 bits per heavy atom. The van der Waals surface area contributed by atoms with Gasteiger partial charge in [-0.05, 0) is 25.0 Å². The minimum Gasteiger partial charge on any atom is -0.321 e. The van der Waals surface area contributed by atoms with Crippen LogP contribution in [0.3, 0.4) is 0 Å². The van der Waals surface area contributed by atoms with Crippen molar-refractivity contribution < 1.29 is 9.28 Å². The van der Waals surface area contributed by atoms with Crippen molar-refractivity contribution in [1.29, 1.82) is 0 Å². The largest absolute Gasteiger partial charge is 0.321 e. The van der Waals surface area contributed by atoms with Gasteiger partial charge in [0.2, 0.25) is 0 Å². The van der Waals surface area contributed by atoms with Gasteiger partial charge in [-0.3, -0.25) is 4.79 Å². The van der Waals surface area contributed by atoms with E-state index in [0.29, 0.717) is 6.54 Å². The summed E-state index contributed by atoms with van der Waals surface area (Å²) >= 11 is 0. The van der Waals surface area contributed by atoms with Crippen molar-refractivity contribution in [2.45, 2.75) is 71.1 Å². The maximum absolute atomic E-state index is 12.2. The average molecular weight is 348 g/mol. The van der Waals surface area contributed by atoms with E-state index in [-0.39, 0.29) is 5.91 Å². The van der Waals surface area contributed by atoms with E-state index >= 15 is 0 Å². The quantitative estimate of drug-likeness (QED) is 0.343. The van der Waals surface area contributed by atoms with Gasteiger partial charge in [-0.2, -0.15) is 0 Å². The molecule has 25 heavy (non-hydrogen) atoms. The van der Waals surface area contributed by atoms with E-state index in [2.05, 4.69) is 26.3 Å². The lowest BCUT2D eigenvalue weighted by atomic mass is 10.1. The van der Waals surface area contributed by atoms with E-state index < -0.39 is 0 Å². The summed E-state index contributed by atoms with van der Waals surface area (Å²) in [6.07, 6.45) is 13.5. The molecule has 0 saturated heterocycles. The normalized spacial score (nSPS) is 11.5. The fourth-order valence-corrected chi connectivity index (χ4v) is 3.22. The van der Waals surface area contributed by atoms with Gasteiger partial charge in [0.05, 0.1) is 20.6 Å². The summed E-state index contributed by atoms with van der Waals surface area (Å²) in [4.78, 5) is 12.2. The van der Waals surface area contributed by atoms with Crippen molar-refractivity contribution in [3.63, 3.8) is 0 Å². The van der Waals surface area contributed by atoms with E-state index in [0.717, 1.165) is 16.7 Å². The highest BCUT2D eigenvalue weighted by atomic mass is 16.2. The summed E-state index contributed by atoms with van der Waals surface area (Å²) in [5, 5.41) is 2.98. The molecule has 0 heterocycles. The number of rotatable bonds is 14. The van der Waals surface area contributed by atoms with E-state index in [9.17, 15) is 4.79 Å². The standard InChI is InChI=1S/C22H38N2O/c1-4-5-6-7-8-9-10-11-12-16-19-24(2,3)20-22(25)23-21-17-14-13-15-18-21/h13-15,17-18H,4-12,16,19-20H2,1-3H3/p+1. The molecule has 3 nitrogen and oxygen atoms in total. The number of anilines is 1. The molecular weight excluding hydrogens is 308 g/mol. The molecule has 142 valence electrons. The Morgan fingerprint density at radius 1 is 0.840 bits per heavy atom. The molecule has 3 heteroatoms. The van der Waals surface area contributed by atoms with Gasteiger partial charge in [-0.1, -0.05) is 76.5 Å². The van der Waals surface area contributed by atoms with Crippen molar-refractivity contribution in [2.24, 2.45) is 0 Å². The van der Waals surface area contributed by atoms with Crippen LogP contribution in [-0.4, -0.2) is 37.6 Å². The van der Waals surface area contributed by atoms with Crippen LogP contribution < -0.4 is 5.32 Å². The number of hydrogen-bond donors (Lipinski definition) is 1. The third-order valence-corrected chi connectivity index (χ3v) is 4.75. The van der Waals surface area contributed by atoms with Gasteiger partial charge in [-0.25, -0.2) is 0 Å². The Morgan fingerprint density at radius 2 is 1.36 bits per heavy atom. The number of carbonyl (C=O) groups excluding carboxylic acids is 1. The number of nitrogens with zero attached hydrogens (tertiary/aromatic N) is 1. The molecule has 0 aromatic heterocycles. The maximum Gasteiger partial charge on any atom is 0.279 e. The molecule has 1 amide bonds. The number of nitrogens with one attached hydrogen (secondary N) is 1. The molecule has 0 saturated carbocycles. The van der Waals surface area contributed by atoms with Crippen LogP contribution in [0, 0.1) is 0 Å². The number of unbranched alkanes of at least 4 members (excludes halogenated alkanes) is 9. The predicted molar refractivity (Wildman–Crippen MR) is 109 cm³/mol. The Balaban J connectivity index is 2.05. The van der Waals surface area contributed by atoms with Crippen molar-refractivity contribution >= 4 is 11.6 Å². The van der Waals surface area contributed by atoms with Crippen LogP contribution in [0.15, 0.2) is 30.3 Å². The van der Waals surface area contributed by atoms with Gasteiger partial charge in [-0.15, -0.1) is 0 Å². The average Bonchev–Trinajstić information content (AvgIpc) is 2.57. The highest BCUT2D eigenvalue weighted by molar-refractivity contribution is 5.91. The number of likely N-dealkylation sites (N-methyl/N-ethyl adjacent to an activating group) is 1. The van der Waals surface area contributed by atoms with Crippen LogP contribution in [0.1, 0.15) is 71.1 Å². The van der Waals surface area contributed by atoms with Crippen molar-refractivity contribution in [2.75, 3.05) is 32.5 Å². The number of carbonyl (C=O) groups is 1. The van der Waals surface area contributed by atoms with Crippen molar-refractivity contribution in [1.82, 2.24) is 0 Å². The first-order valence-electron chi connectivity index (χ1n) is 10.2. The molecule has 0 aliphatic heterocycles. The van der Waals surface area contributed by atoms with Crippen LogP contribution in [-0.2, 0) is 4.79 Å². The lowest BCUT2D eigenvalue weighted by Crippen LogP contribution is -2.46. The van der Waals surface area contributed by atoms with E-state index in [1.165, 1.54) is 64.2 Å². The van der Waals surface area contributed by atoms with Crippen molar-refractivity contribution in [3.8, 4) is 0 Å². The molecule has 1 rings (SSSR count). The molecule has 0 fully saturated rings. The third kappa shape index (κ3) is 11.8. The molecule has 0 spiro atoms. The van der Waals surface area contributed by atoms with Crippen LogP contribution in [0.4, 0.5) is 5.69 Å². The zero-order valence-electron chi connectivity index (χ0n) is 16.7. The molecular formula is C22H39N2O+. The SMILES string of the molecule is CCCCCCCCCCCC[N+](C)(C)CC(=O)Nc1ccccc1. The summed E-state index contributed by atoms with van der Waals surface area (Å²) in [5.74, 6) is 0.100. The minimum atomic E-state index is 0.100. The van der Waals surface area contributed by atoms with Crippen LogP contribution in [0.5, 0.6) is 0 Å².